The van der Waals surface area contributed by atoms with Gasteiger partial charge in [-0.05, 0) is 35.9 Å². The second-order valence-electron chi connectivity index (χ2n) is 4.81. The Bertz CT molecular complexity index is 811. The summed E-state index contributed by atoms with van der Waals surface area (Å²) in [5.41, 5.74) is 3.43. The van der Waals surface area contributed by atoms with Gasteiger partial charge in [0, 0.05) is 0 Å². The van der Waals surface area contributed by atoms with E-state index in [0.717, 1.165) is 5.01 Å². The summed E-state index contributed by atoms with van der Waals surface area (Å²) in [7, 11) is 0. The van der Waals surface area contributed by atoms with E-state index in [1.54, 1.807) is 24.3 Å². The molecule has 2 N–H and O–H groups in total. The van der Waals surface area contributed by atoms with Gasteiger partial charge in [0.25, 0.3) is 11.8 Å². The summed E-state index contributed by atoms with van der Waals surface area (Å²) in [6.07, 6.45) is 1.37. The lowest BCUT2D eigenvalue weighted by Gasteiger charge is -2.13. The van der Waals surface area contributed by atoms with Crippen molar-refractivity contribution in [2.45, 2.75) is 0 Å². The van der Waals surface area contributed by atoms with Gasteiger partial charge in [0.1, 0.15) is 5.57 Å². The molecule has 0 aliphatic carbocycles. The predicted octanol–water partition coefficient (Wildman–Crippen LogP) is 3.16. The molecule has 2 aromatic carbocycles. The molecule has 0 radical (unpaired) electrons. The maximum Gasteiger partial charge on any atom is 0.282 e. The molecular weight excluding hydrogens is 339 g/mol. The van der Waals surface area contributed by atoms with Crippen molar-refractivity contribution < 1.29 is 14.7 Å². The lowest BCUT2D eigenvalue weighted by atomic mass is 10.1. The summed E-state index contributed by atoms with van der Waals surface area (Å²) in [5.74, 6) is -1.26. The fourth-order valence-corrected chi connectivity index (χ4v) is 2.66. The molecule has 1 fully saturated rings. The molecule has 0 bridgehead atoms. The third-order valence-electron chi connectivity index (χ3n) is 3.26. The number of phenolic OH excluding ortho intramolecular Hbond substituents is 1. The fraction of sp³-hybridized carbons (Fsp3) is 0. The monoisotopic (exact) mass is 348 g/mol. The van der Waals surface area contributed by atoms with Crippen LogP contribution in [0.4, 0.5) is 5.69 Å². The van der Waals surface area contributed by atoms with E-state index in [-0.39, 0.29) is 21.4 Å². The second-order valence-corrected chi connectivity index (χ2v) is 5.62. The summed E-state index contributed by atoms with van der Waals surface area (Å²) in [5, 5.41) is 10.8. The highest BCUT2D eigenvalue weighted by Gasteiger charge is 2.34. The number of benzene rings is 2. The summed E-state index contributed by atoms with van der Waals surface area (Å²) in [6, 6.07) is 11.6. The normalized spacial score (nSPS) is 16.1. The van der Waals surface area contributed by atoms with E-state index in [2.05, 4.69) is 5.43 Å². The molecule has 7 heteroatoms. The molecule has 0 saturated carbocycles. The van der Waals surface area contributed by atoms with Crippen molar-refractivity contribution >= 4 is 46.8 Å². The van der Waals surface area contributed by atoms with Crippen LogP contribution < -0.4 is 10.4 Å². The summed E-state index contributed by atoms with van der Waals surface area (Å²) < 4.78 is 0. The minimum atomic E-state index is -0.529. The van der Waals surface area contributed by atoms with Crippen LogP contribution in [-0.2, 0) is 9.59 Å². The van der Waals surface area contributed by atoms with E-state index in [1.807, 2.05) is 6.07 Å². The average Bonchev–Trinajstić information content (AvgIpc) is 2.81. The Balaban J connectivity index is 1.97. The van der Waals surface area contributed by atoms with E-state index in [4.69, 9.17) is 23.2 Å². The molecule has 23 heavy (non-hydrogen) atoms. The Morgan fingerprint density at radius 1 is 1.04 bits per heavy atom. The number of carbonyl (C=O) groups is 2. The molecule has 1 saturated heterocycles. The Morgan fingerprint density at radius 2 is 1.65 bits per heavy atom. The number of rotatable bonds is 2. The Morgan fingerprint density at radius 3 is 2.26 bits per heavy atom. The highest BCUT2D eigenvalue weighted by atomic mass is 35.5. The van der Waals surface area contributed by atoms with Gasteiger partial charge in [-0.2, -0.15) is 0 Å². The van der Waals surface area contributed by atoms with Gasteiger partial charge in [-0.15, -0.1) is 0 Å². The van der Waals surface area contributed by atoms with Gasteiger partial charge in [-0.1, -0.05) is 41.4 Å². The van der Waals surface area contributed by atoms with Gasteiger partial charge in [0.05, 0.1) is 15.7 Å². The summed E-state index contributed by atoms with van der Waals surface area (Å²) >= 11 is 11.7. The molecule has 116 valence electrons. The largest absolute Gasteiger partial charge is 0.505 e. The highest BCUT2D eigenvalue weighted by Crippen LogP contribution is 2.33. The van der Waals surface area contributed by atoms with Gasteiger partial charge >= 0.3 is 0 Å². The lowest BCUT2D eigenvalue weighted by Crippen LogP contribution is -2.35. The number of anilines is 1. The molecule has 0 spiro atoms. The molecule has 0 aromatic heterocycles. The number of amides is 2. The number of hydrazine groups is 1. The van der Waals surface area contributed by atoms with E-state index in [9.17, 15) is 14.7 Å². The van der Waals surface area contributed by atoms with Crippen LogP contribution in [0.3, 0.4) is 0 Å². The van der Waals surface area contributed by atoms with E-state index in [1.165, 1.54) is 18.2 Å². The van der Waals surface area contributed by atoms with E-state index >= 15 is 0 Å². The van der Waals surface area contributed by atoms with Gasteiger partial charge < -0.3 is 5.11 Å². The van der Waals surface area contributed by atoms with Crippen LogP contribution in [-0.4, -0.2) is 16.9 Å². The first-order valence-corrected chi connectivity index (χ1v) is 7.33. The fourth-order valence-electron chi connectivity index (χ4n) is 2.15. The Kier molecular flexibility index (Phi) is 3.98. The molecular formula is C16H10Cl2N2O3. The number of nitrogens with zero attached hydrogens (tertiary/aromatic N) is 1. The van der Waals surface area contributed by atoms with Crippen molar-refractivity contribution in [3.8, 4) is 5.75 Å². The average molecular weight is 349 g/mol. The first kappa shape index (κ1) is 15.4. The highest BCUT2D eigenvalue weighted by molar-refractivity contribution is 6.37. The molecule has 1 aliphatic heterocycles. The van der Waals surface area contributed by atoms with Crippen molar-refractivity contribution in [3.63, 3.8) is 0 Å². The van der Waals surface area contributed by atoms with Gasteiger partial charge in [0.2, 0.25) is 0 Å². The number of hydrogen-bond acceptors (Lipinski definition) is 3. The Labute approximate surface area is 141 Å². The van der Waals surface area contributed by atoms with Crippen molar-refractivity contribution in [2.24, 2.45) is 0 Å². The number of hydrogen-bond donors (Lipinski definition) is 2. The van der Waals surface area contributed by atoms with Crippen molar-refractivity contribution in [3.05, 3.63) is 63.6 Å². The predicted molar refractivity (Wildman–Crippen MR) is 88.2 cm³/mol. The number of para-hydroxylation sites is 1. The lowest BCUT2D eigenvalue weighted by molar-refractivity contribution is -0.117. The van der Waals surface area contributed by atoms with Crippen molar-refractivity contribution in [1.29, 1.82) is 0 Å². The second kappa shape index (κ2) is 5.95. The van der Waals surface area contributed by atoms with E-state index in [0.29, 0.717) is 11.3 Å². The van der Waals surface area contributed by atoms with Crippen LogP contribution in [0.5, 0.6) is 5.75 Å². The first-order chi connectivity index (χ1) is 11.0. The van der Waals surface area contributed by atoms with Crippen LogP contribution in [0.15, 0.2) is 48.0 Å². The molecule has 2 amide bonds. The SMILES string of the molecule is O=C1NN(c2ccccc2)C(=O)C1=Cc1cc(Cl)c(O)c(Cl)c1. The van der Waals surface area contributed by atoms with Gasteiger partial charge in [-0.3, -0.25) is 15.0 Å². The molecule has 1 heterocycles. The number of carbonyl (C=O) groups excluding carboxylic acids is 2. The maximum atomic E-state index is 12.4. The maximum absolute atomic E-state index is 12.4. The smallest absolute Gasteiger partial charge is 0.282 e. The molecule has 5 nitrogen and oxygen atoms in total. The first-order valence-electron chi connectivity index (χ1n) is 6.57. The molecule has 3 rings (SSSR count). The van der Waals surface area contributed by atoms with Gasteiger partial charge in [0.15, 0.2) is 5.75 Å². The van der Waals surface area contributed by atoms with E-state index < -0.39 is 11.8 Å². The number of phenols is 1. The summed E-state index contributed by atoms with van der Waals surface area (Å²) in [4.78, 5) is 24.5. The molecule has 0 unspecified atom stereocenters. The zero-order valence-electron chi connectivity index (χ0n) is 11.6. The minimum absolute atomic E-state index is 0.0371. The van der Waals surface area contributed by atoms with Gasteiger partial charge in [-0.25, -0.2) is 5.01 Å². The number of halogens is 2. The quantitative estimate of drug-likeness (QED) is 0.646. The molecule has 0 atom stereocenters. The van der Waals surface area contributed by atoms with Crippen LogP contribution in [0.2, 0.25) is 10.0 Å². The molecule has 2 aromatic rings. The zero-order valence-corrected chi connectivity index (χ0v) is 13.1. The Hall–Kier alpha value is -2.50. The topological polar surface area (TPSA) is 69.6 Å². The van der Waals surface area contributed by atoms with Crippen molar-refractivity contribution in [2.75, 3.05) is 5.01 Å². The molecule has 1 aliphatic rings. The number of aromatic hydroxyl groups is 1. The standard InChI is InChI=1S/C16H10Cl2N2O3/c17-12-7-9(8-13(18)14(12)21)6-11-15(22)19-20(16(11)23)10-4-2-1-3-5-10/h1-8,21H,(H,19,22). The number of nitrogens with one attached hydrogen (secondary N) is 1. The van der Waals surface area contributed by atoms with Crippen LogP contribution in [0, 0.1) is 0 Å². The third-order valence-corrected chi connectivity index (χ3v) is 3.83. The van der Waals surface area contributed by atoms with Crippen LogP contribution >= 0.6 is 23.2 Å². The van der Waals surface area contributed by atoms with Crippen LogP contribution in [0.1, 0.15) is 5.56 Å². The zero-order chi connectivity index (χ0) is 16.6. The van der Waals surface area contributed by atoms with Crippen LogP contribution in [0.25, 0.3) is 6.08 Å². The minimum Gasteiger partial charge on any atom is -0.505 e. The van der Waals surface area contributed by atoms with Crippen molar-refractivity contribution in [1.82, 2.24) is 5.43 Å². The third kappa shape index (κ3) is 2.88. The summed E-state index contributed by atoms with van der Waals surface area (Å²) in [6.45, 7) is 0.